The van der Waals surface area contributed by atoms with E-state index in [1.54, 1.807) is 30.1 Å². The fraction of sp³-hybridized carbons (Fsp3) is 0.231. The fourth-order valence-electron chi connectivity index (χ4n) is 2.21. The molecule has 0 aliphatic rings. The molecule has 0 aliphatic heterocycles. The molecule has 0 radical (unpaired) electrons. The largest absolute Gasteiger partial charge is 0.449 e. The summed E-state index contributed by atoms with van der Waals surface area (Å²) >= 11 is 0. The van der Waals surface area contributed by atoms with Crippen molar-refractivity contribution in [1.82, 2.24) is 19.1 Å². The van der Waals surface area contributed by atoms with Gasteiger partial charge in [-0.1, -0.05) is 0 Å². The first-order valence-corrected chi connectivity index (χ1v) is 6.15. The molecular weight excluding hydrogens is 283 g/mol. The van der Waals surface area contributed by atoms with Crippen LogP contribution in [0.15, 0.2) is 30.6 Å². The normalized spacial score (nSPS) is 12.2. The van der Waals surface area contributed by atoms with Crippen LogP contribution in [0.2, 0.25) is 0 Å². The maximum absolute atomic E-state index is 13.2. The van der Waals surface area contributed by atoms with Gasteiger partial charge in [0.05, 0.1) is 17.6 Å². The summed E-state index contributed by atoms with van der Waals surface area (Å²) in [6.07, 6.45) is -1.32. The monoisotopic (exact) mass is 295 g/mol. The highest BCUT2D eigenvalue weighted by Gasteiger charge is 2.37. The first-order chi connectivity index (χ1) is 9.86. The van der Waals surface area contributed by atoms with Crippen molar-refractivity contribution in [2.75, 3.05) is 5.73 Å². The number of anilines is 1. The van der Waals surface area contributed by atoms with Gasteiger partial charge in [0.15, 0.2) is 0 Å². The van der Waals surface area contributed by atoms with Gasteiger partial charge in [-0.3, -0.25) is 0 Å². The van der Waals surface area contributed by atoms with Crippen LogP contribution in [0.4, 0.5) is 18.9 Å². The maximum atomic E-state index is 13.2. The zero-order valence-electron chi connectivity index (χ0n) is 11.1. The summed E-state index contributed by atoms with van der Waals surface area (Å²) in [6, 6.07) is 4.52. The zero-order chi connectivity index (χ0) is 15.2. The second-order valence-corrected chi connectivity index (χ2v) is 4.72. The van der Waals surface area contributed by atoms with E-state index in [0.717, 1.165) is 4.57 Å². The van der Waals surface area contributed by atoms with Gasteiger partial charge in [0.1, 0.15) is 5.82 Å². The van der Waals surface area contributed by atoms with E-state index in [1.165, 1.54) is 12.1 Å². The number of nitrogens with zero attached hydrogens (tertiary/aromatic N) is 4. The van der Waals surface area contributed by atoms with Crippen molar-refractivity contribution in [2.24, 2.45) is 7.05 Å². The highest BCUT2D eigenvalue weighted by atomic mass is 19.4. The Bertz CT molecular complexity index is 800. The van der Waals surface area contributed by atoms with E-state index in [0.29, 0.717) is 17.0 Å². The third-order valence-electron chi connectivity index (χ3n) is 3.25. The summed E-state index contributed by atoms with van der Waals surface area (Å²) in [7, 11) is 1.73. The summed E-state index contributed by atoms with van der Waals surface area (Å²) in [4.78, 5) is 7.74. The van der Waals surface area contributed by atoms with E-state index in [-0.39, 0.29) is 12.1 Å². The molecule has 3 rings (SSSR count). The van der Waals surface area contributed by atoms with Gasteiger partial charge < -0.3 is 14.9 Å². The quantitative estimate of drug-likeness (QED) is 0.739. The topological polar surface area (TPSA) is 61.7 Å². The van der Waals surface area contributed by atoms with Crippen molar-refractivity contribution in [3.05, 3.63) is 42.2 Å². The highest BCUT2D eigenvalue weighted by molar-refractivity contribution is 5.79. The van der Waals surface area contributed by atoms with Crippen LogP contribution in [0.5, 0.6) is 0 Å². The number of alkyl halides is 3. The predicted octanol–water partition coefficient (Wildman–Crippen LogP) is 2.42. The zero-order valence-corrected chi connectivity index (χ0v) is 11.1. The van der Waals surface area contributed by atoms with Gasteiger partial charge in [0.2, 0.25) is 5.82 Å². The van der Waals surface area contributed by atoms with Gasteiger partial charge in [0, 0.05) is 25.1 Å². The predicted molar refractivity (Wildman–Crippen MR) is 71.5 cm³/mol. The molecule has 0 saturated heterocycles. The molecule has 0 amide bonds. The molecule has 21 heavy (non-hydrogen) atoms. The summed E-state index contributed by atoms with van der Waals surface area (Å²) in [6.45, 7) is -0.0151. The van der Waals surface area contributed by atoms with Crippen molar-refractivity contribution in [1.29, 1.82) is 0 Å². The van der Waals surface area contributed by atoms with Gasteiger partial charge in [-0.25, -0.2) is 9.97 Å². The Hall–Kier alpha value is -2.51. The number of nitrogens with two attached hydrogens (primary N) is 1. The van der Waals surface area contributed by atoms with Crippen LogP contribution >= 0.6 is 0 Å². The molecule has 0 atom stereocenters. The molecule has 5 nitrogen and oxygen atoms in total. The number of imidazole rings is 2. The highest BCUT2D eigenvalue weighted by Crippen LogP contribution is 2.32. The van der Waals surface area contributed by atoms with Gasteiger partial charge in [-0.15, -0.1) is 0 Å². The number of hydrogen-bond donors (Lipinski definition) is 1. The molecule has 0 bridgehead atoms. The van der Waals surface area contributed by atoms with E-state index >= 15 is 0 Å². The van der Waals surface area contributed by atoms with Crippen LogP contribution in [0.1, 0.15) is 11.6 Å². The van der Waals surface area contributed by atoms with Crippen molar-refractivity contribution in [3.63, 3.8) is 0 Å². The Morgan fingerprint density at radius 2 is 2.05 bits per heavy atom. The number of rotatable bonds is 2. The molecule has 110 valence electrons. The number of halogens is 3. The molecule has 3 aromatic rings. The fourth-order valence-corrected chi connectivity index (χ4v) is 2.21. The summed E-state index contributed by atoms with van der Waals surface area (Å²) in [5.41, 5.74) is 6.57. The molecular formula is C13H12F3N5. The first-order valence-electron chi connectivity index (χ1n) is 6.15. The van der Waals surface area contributed by atoms with E-state index in [2.05, 4.69) is 9.97 Å². The molecule has 2 aromatic heterocycles. The molecule has 8 heteroatoms. The van der Waals surface area contributed by atoms with Gasteiger partial charge in [0.25, 0.3) is 0 Å². The van der Waals surface area contributed by atoms with Crippen molar-refractivity contribution < 1.29 is 13.2 Å². The van der Waals surface area contributed by atoms with E-state index in [9.17, 15) is 13.2 Å². The lowest BCUT2D eigenvalue weighted by molar-refractivity contribution is -0.146. The smallest absolute Gasteiger partial charge is 0.399 e. The summed E-state index contributed by atoms with van der Waals surface area (Å²) in [5.74, 6) is -0.442. The van der Waals surface area contributed by atoms with Crippen LogP contribution in [0, 0.1) is 0 Å². The average Bonchev–Trinajstić information content (AvgIpc) is 2.94. The molecule has 0 spiro atoms. The van der Waals surface area contributed by atoms with E-state index in [4.69, 9.17) is 5.73 Å². The summed E-state index contributed by atoms with van der Waals surface area (Å²) in [5, 5.41) is 0. The lowest BCUT2D eigenvalue weighted by Gasteiger charge is -2.11. The Morgan fingerprint density at radius 1 is 1.29 bits per heavy atom. The van der Waals surface area contributed by atoms with Crippen molar-refractivity contribution in [3.8, 4) is 0 Å². The minimum Gasteiger partial charge on any atom is -0.399 e. The summed E-state index contributed by atoms with van der Waals surface area (Å²) < 4.78 is 42.3. The first kappa shape index (κ1) is 13.5. The van der Waals surface area contributed by atoms with E-state index in [1.807, 2.05) is 0 Å². The van der Waals surface area contributed by atoms with Crippen LogP contribution in [0.3, 0.4) is 0 Å². The molecule has 0 aliphatic carbocycles. The number of nitrogen functional groups attached to an aromatic ring is 1. The number of fused-ring (bicyclic) bond motifs is 1. The number of aryl methyl sites for hydroxylation is 1. The average molecular weight is 295 g/mol. The second-order valence-electron chi connectivity index (χ2n) is 4.72. The second kappa shape index (κ2) is 4.51. The van der Waals surface area contributed by atoms with Crippen LogP contribution in [-0.4, -0.2) is 19.1 Å². The minimum atomic E-state index is -4.54. The molecule has 0 saturated carbocycles. The maximum Gasteiger partial charge on any atom is 0.449 e. The minimum absolute atomic E-state index is 0.0151. The Kier molecular flexibility index (Phi) is 2.89. The number of aromatic nitrogens is 4. The third-order valence-corrected chi connectivity index (χ3v) is 3.25. The standard InChI is InChI=1S/C13H12F3N5/c1-20-5-4-18-11(20)7-21-10-3-2-8(17)6-9(10)19-12(21)13(14,15)16/h2-6H,7,17H2,1H3. The van der Waals surface area contributed by atoms with Crippen molar-refractivity contribution in [2.45, 2.75) is 12.7 Å². The Morgan fingerprint density at radius 3 is 2.67 bits per heavy atom. The van der Waals surface area contributed by atoms with Crippen LogP contribution < -0.4 is 5.73 Å². The molecule has 0 fully saturated rings. The lowest BCUT2D eigenvalue weighted by Crippen LogP contribution is -2.17. The molecule has 2 heterocycles. The molecule has 1 aromatic carbocycles. The third kappa shape index (κ3) is 2.32. The Labute approximate surface area is 117 Å². The van der Waals surface area contributed by atoms with Gasteiger partial charge in [-0.05, 0) is 18.2 Å². The van der Waals surface area contributed by atoms with Crippen molar-refractivity contribution >= 4 is 16.7 Å². The SMILES string of the molecule is Cn1ccnc1Cn1c(C(F)(F)F)nc2cc(N)ccc21. The number of hydrogen-bond acceptors (Lipinski definition) is 3. The number of benzene rings is 1. The van der Waals surface area contributed by atoms with E-state index < -0.39 is 12.0 Å². The van der Waals surface area contributed by atoms with Crippen LogP contribution in [0.25, 0.3) is 11.0 Å². The molecule has 0 unspecified atom stereocenters. The molecule has 2 N–H and O–H groups in total. The van der Waals surface area contributed by atoms with Gasteiger partial charge in [-0.2, -0.15) is 13.2 Å². The lowest BCUT2D eigenvalue weighted by atomic mass is 10.3. The van der Waals surface area contributed by atoms with Crippen LogP contribution in [-0.2, 0) is 19.8 Å². The Balaban J connectivity index is 2.20. The van der Waals surface area contributed by atoms with Gasteiger partial charge >= 0.3 is 6.18 Å².